The summed E-state index contributed by atoms with van der Waals surface area (Å²) in [7, 11) is 0. The molecule has 8 heteroatoms. The molecule has 0 spiro atoms. The average molecular weight is 360 g/mol. The molecule has 0 fully saturated rings. The van der Waals surface area contributed by atoms with Crippen LogP contribution in [-0.4, -0.2) is 11.7 Å². The summed E-state index contributed by atoms with van der Waals surface area (Å²) in [5.41, 5.74) is 1.93. The van der Waals surface area contributed by atoms with Crippen LogP contribution in [0.3, 0.4) is 0 Å². The number of fused-ring (bicyclic) bond motifs is 3. The van der Waals surface area contributed by atoms with E-state index in [1.54, 1.807) is 12.1 Å². The van der Waals surface area contributed by atoms with Gasteiger partial charge in [0.15, 0.2) is 0 Å². The molecule has 0 aromatic carbocycles. The first-order valence-electron chi connectivity index (χ1n) is 6.96. The Morgan fingerprint density at radius 2 is 1.36 bits per heavy atom. The van der Waals surface area contributed by atoms with Crippen LogP contribution in [0.4, 0.5) is 10.0 Å². The van der Waals surface area contributed by atoms with Gasteiger partial charge in [0.1, 0.15) is 12.1 Å². The van der Waals surface area contributed by atoms with Gasteiger partial charge in [-0.3, -0.25) is 0 Å². The van der Waals surface area contributed by atoms with Crippen LogP contribution in [0.25, 0.3) is 19.4 Å². The van der Waals surface area contributed by atoms with Gasteiger partial charge in [0.2, 0.25) is 10.0 Å². The minimum absolute atomic E-state index is 0.190. The molecule has 0 N–H and O–H groups in total. The number of nitrogens with zero attached hydrogens (tertiary/aromatic N) is 6. The third kappa shape index (κ3) is 2.61. The average Bonchev–Trinajstić information content (AvgIpc) is 3.25. The maximum atomic E-state index is 8.88. The normalized spacial score (nSPS) is 14.6. The van der Waals surface area contributed by atoms with Crippen LogP contribution in [0.15, 0.2) is 22.1 Å². The SMILES string of the molecule is [C-]#[N+]C(C#N)=Nc1cc2c(s1)-c1sc(N=C(C#N)[N+]#[C-])cc1C2(C)C. The first-order chi connectivity index (χ1) is 11.9. The van der Waals surface area contributed by atoms with Crippen LogP contribution in [0.2, 0.25) is 0 Å². The van der Waals surface area contributed by atoms with E-state index < -0.39 is 0 Å². The number of thiophene rings is 2. The third-order valence-corrected chi connectivity index (χ3v) is 6.06. The molecule has 6 nitrogen and oxygen atoms in total. The molecule has 118 valence electrons. The fourth-order valence-electron chi connectivity index (χ4n) is 2.64. The van der Waals surface area contributed by atoms with E-state index in [0.29, 0.717) is 10.0 Å². The van der Waals surface area contributed by atoms with Gasteiger partial charge in [-0.1, -0.05) is 59.7 Å². The van der Waals surface area contributed by atoms with Gasteiger partial charge in [0.25, 0.3) is 0 Å². The minimum atomic E-state index is -0.269. The Hall–Kier alpha value is -3.30. The number of nitriles is 2. The molecule has 3 rings (SSSR count). The van der Waals surface area contributed by atoms with Crippen molar-refractivity contribution in [1.29, 1.82) is 10.5 Å². The lowest BCUT2D eigenvalue weighted by Gasteiger charge is -2.18. The molecule has 2 aromatic heterocycles. The lowest BCUT2D eigenvalue weighted by Crippen LogP contribution is -2.13. The molecule has 1 aliphatic carbocycles. The van der Waals surface area contributed by atoms with Crippen LogP contribution in [0, 0.1) is 35.8 Å². The van der Waals surface area contributed by atoms with E-state index in [2.05, 4.69) is 33.5 Å². The molecular weight excluding hydrogens is 352 g/mol. The predicted octanol–water partition coefficient (Wildman–Crippen LogP) is 5.06. The van der Waals surface area contributed by atoms with Gasteiger partial charge >= 0.3 is 11.7 Å². The first kappa shape index (κ1) is 16.6. The summed E-state index contributed by atoms with van der Waals surface area (Å²) in [6, 6.07) is 7.37. The van der Waals surface area contributed by atoms with E-state index >= 15 is 0 Å². The summed E-state index contributed by atoms with van der Waals surface area (Å²) in [6.07, 6.45) is 0. The van der Waals surface area contributed by atoms with Crippen LogP contribution in [0.5, 0.6) is 0 Å². The van der Waals surface area contributed by atoms with Gasteiger partial charge in [-0.2, -0.15) is 0 Å². The quantitative estimate of drug-likeness (QED) is 0.426. The predicted molar refractivity (Wildman–Crippen MR) is 98.4 cm³/mol. The van der Waals surface area contributed by atoms with Crippen LogP contribution in [-0.2, 0) is 5.41 Å². The maximum absolute atomic E-state index is 8.88. The summed E-state index contributed by atoms with van der Waals surface area (Å²) in [5, 5.41) is 19.0. The zero-order valence-corrected chi connectivity index (χ0v) is 14.8. The van der Waals surface area contributed by atoms with Crippen LogP contribution >= 0.6 is 22.7 Å². The summed E-state index contributed by atoms with van der Waals surface area (Å²) >= 11 is 2.85. The lowest BCUT2D eigenvalue weighted by atomic mass is 9.84. The molecule has 0 amide bonds. The summed E-state index contributed by atoms with van der Waals surface area (Å²) in [4.78, 5) is 16.4. The third-order valence-electron chi connectivity index (χ3n) is 3.84. The summed E-state index contributed by atoms with van der Waals surface area (Å²) in [5.74, 6) is -0.379. The molecule has 2 heterocycles. The van der Waals surface area contributed by atoms with Gasteiger partial charge in [-0.25, -0.2) is 10.5 Å². The Kier molecular flexibility index (Phi) is 3.95. The van der Waals surface area contributed by atoms with Gasteiger partial charge in [-0.15, -0.1) is 0 Å². The zero-order valence-electron chi connectivity index (χ0n) is 13.2. The second-order valence-corrected chi connectivity index (χ2v) is 7.66. The van der Waals surface area contributed by atoms with Crippen molar-refractivity contribution in [3.05, 3.63) is 46.1 Å². The van der Waals surface area contributed by atoms with E-state index in [1.807, 2.05) is 12.1 Å². The molecule has 0 unspecified atom stereocenters. The number of amidine groups is 2. The number of hydrogen-bond acceptors (Lipinski definition) is 6. The topological polar surface area (TPSA) is 81.0 Å². The largest absolute Gasteiger partial charge is 0.351 e. The van der Waals surface area contributed by atoms with Gasteiger partial charge < -0.3 is 9.69 Å². The molecule has 0 aliphatic heterocycles. The highest BCUT2D eigenvalue weighted by Crippen LogP contribution is 2.58. The van der Waals surface area contributed by atoms with E-state index in [4.69, 9.17) is 23.7 Å². The monoisotopic (exact) mass is 360 g/mol. The molecule has 0 radical (unpaired) electrons. The van der Waals surface area contributed by atoms with Crippen LogP contribution < -0.4 is 0 Å². The highest BCUT2D eigenvalue weighted by molar-refractivity contribution is 7.26. The van der Waals surface area contributed by atoms with Gasteiger partial charge in [0.05, 0.1) is 9.75 Å². The molecule has 0 saturated heterocycles. The number of aliphatic imine (C=N–C) groups is 2. The zero-order chi connectivity index (χ0) is 18.2. The fraction of sp³-hybridized carbons (Fsp3) is 0.176. The molecule has 0 bridgehead atoms. The lowest BCUT2D eigenvalue weighted by molar-refractivity contribution is 0.663. The Bertz CT molecular complexity index is 996. The van der Waals surface area contributed by atoms with Crippen molar-refractivity contribution in [1.82, 2.24) is 0 Å². The molecule has 0 saturated carbocycles. The second kappa shape index (κ2) is 5.96. The molecule has 2 aromatic rings. The highest BCUT2D eigenvalue weighted by Gasteiger charge is 2.40. The molecule has 0 atom stereocenters. The molecular formula is C17H8N6S2. The van der Waals surface area contributed by atoms with Crippen molar-refractivity contribution < 1.29 is 0 Å². The maximum Gasteiger partial charge on any atom is 0.350 e. The Labute approximate surface area is 152 Å². The number of rotatable bonds is 2. The van der Waals surface area contributed by atoms with Gasteiger partial charge in [0, 0.05) is 17.5 Å². The van der Waals surface area contributed by atoms with Crippen molar-refractivity contribution in [2.24, 2.45) is 9.98 Å². The van der Waals surface area contributed by atoms with Crippen molar-refractivity contribution >= 4 is 44.3 Å². The minimum Gasteiger partial charge on any atom is -0.351 e. The van der Waals surface area contributed by atoms with Crippen molar-refractivity contribution in [3.63, 3.8) is 0 Å². The standard InChI is InChI=1S/C17H8N6S2/c1-17(2)9-5-13(22-11(7-18)20-3)24-15(9)16-10(17)6-14(25-16)23-12(8-19)21-4/h5-6H,1-2H3. The van der Waals surface area contributed by atoms with E-state index in [-0.39, 0.29) is 17.1 Å². The Morgan fingerprint density at radius 1 is 0.960 bits per heavy atom. The van der Waals surface area contributed by atoms with E-state index in [0.717, 1.165) is 20.9 Å². The van der Waals surface area contributed by atoms with Crippen molar-refractivity contribution in [3.8, 4) is 21.9 Å². The molecule has 1 aliphatic rings. The van der Waals surface area contributed by atoms with Gasteiger partial charge in [-0.05, 0) is 11.1 Å². The first-order valence-corrected chi connectivity index (χ1v) is 8.59. The van der Waals surface area contributed by atoms with Crippen LogP contribution in [0.1, 0.15) is 25.0 Å². The summed E-state index contributed by atoms with van der Waals surface area (Å²) < 4.78 is 0. The number of hydrogen-bond donors (Lipinski definition) is 0. The Balaban J connectivity index is 2.13. The highest BCUT2D eigenvalue weighted by atomic mass is 32.1. The molecule has 25 heavy (non-hydrogen) atoms. The second-order valence-electron chi connectivity index (χ2n) is 5.60. The summed E-state index contributed by atoms with van der Waals surface area (Å²) in [6.45, 7) is 18.0. The Morgan fingerprint density at radius 3 is 1.68 bits per heavy atom. The van der Waals surface area contributed by atoms with E-state index in [9.17, 15) is 0 Å². The van der Waals surface area contributed by atoms with Crippen molar-refractivity contribution in [2.45, 2.75) is 19.3 Å². The fourth-order valence-corrected chi connectivity index (χ4v) is 5.18. The smallest absolute Gasteiger partial charge is 0.350 e. The van der Waals surface area contributed by atoms with Crippen molar-refractivity contribution in [2.75, 3.05) is 0 Å². The van der Waals surface area contributed by atoms with E-state index in [1.165, 1.54) is 22.7 Å².